The van der Waals surface area contributed by atoms with Gasteiger partial charge in [0.15, 0.2) is 0 Å². The molecule has 172 valence electrons. The quantitative estimate of drug-likeness (QED) is 0.237. The summed E-state index contributed by atoms with van der Waals surface area (Å²) in [6.45, 7) is 10.5. The minimum Gasteiger partial charge on any atom is -0.494 e. The second kappa shape index (κ2) is 10.7. The van der Waals surface area contributed by atoms with Crippen LogP contribution in [0.2, 0.25) is 0 Å². The van der Waals surface area contributed by atoms with E-state index < -0.39 is 0 Å². The van der Waals surface area contributed by atoms with Crippen molar-refractivity contribution < 1.29 is 4.74 Å². The molecule has 0 unspecified atom stereocenters. The molecule has 0 saturated heterocycles. The van der Waals surface area contributed by atoms with Crippen LogP contribution in [0.3, 0.4) is 0 Å². The highest BCUT2D eigenvalue weighted by molar-refractivity contribution is 5.76. The van der Waals surface area contributed by atoms with Gasteiger partial charge in [-0.25, -0.2) is 4.98 Å². The van der Waals surface area contributed by atoms with E-state index in [0.29, 0.717) is 5.92 Å². The number of hydrogen-bond acceptors (Lipinski definition) is 2. The number of aromatic nitrogens is 2. The molecule has 0 aliphatic rings. The van der Waals surface area contributed by atoms with E-state index in [9.17, 15) is 0 Å². The van der Waals surface area contributed by atoms with E-state index in [-0.39, 0.29) is 5.92 Å². The first kappa shape index (κ1) is 23.1. The smallest absolute Gasteiger partial charge is 0.119 e. The van der Waals surface area contributed by atoms with Crippen molar-refractivity contribution in [3.8, 4) is 5.75 Å². The molecule has 0 aliphatic carbocycles. The van der Waals surface area contributed by atoms with E-state index in [1.807, 2.05) is 0 Å². The molecule has 3 heteroatoms. The standard InChI is InChI=1S/C30H36N2O/c1-5-6-19-33-27-17-13-25(14-18-27)21-32-29-10-8-7-9-28(29)31-30(32)23(4)26-15-11-24(12-16-26)20-22(2)3/h7-18,22-23H,5-6,19-21H2,1-4H3/t23-/m0/s1. The zero-order chi connectivity index (χ0) is 23.2. The van der Waals surface area contributed by atoms with Gasteiger partial charge in [0.25, 0.3) is 0 Å². The number of benzene rings is 3. The Morgan fingerprint density at radius 3 is 2.24 bits per heavy atom. The Morgan fingerprint density at radius 2 is 1.55 bits per heavy atom. The average Bonchev–Trinajstić information content (AvgIpc) is 3.18. The molecule has 4 rings (SSSR count). The van der Waals surface area contributed by atoms with Gasteiger partial charge in [-0.2, -0.15) is 0 Å². The fourth-order valence-electron chi connectivity index (χ4n) is 4.36. The molecule has 1 heterocycles. The molecule has 0 amide bonds. The van der Waals surface area contributed by atoms with Crippen molar-refractivity contribution in [1.82, 2.24) is 9.55 Å². The van der Waals surface area contributed by atoms with Crippen molar-refractivity contribution in [3.05, 3.63) is 95.3 Å². The lowest BCUT2D eigenvalue weighted by Crippen LogP contribution is -2.09. The van der Waals surface area contributed by atoms with Gasteiger partial charge in [-0.3, -0.25) is 0 Å². The van der Waals surface area contributed by atoms with Crippen molar-refractivity contribution >= 4 is 11.0 Å². The molecule has 0 bridgehead atoms. The molecule has 0 saturated carbocycles. The predicted molar refractivity (Wildman–Crippen MR) is 138 cm³/mol. The van der Waals surface area contributed by atoms with Crippen LogP contribution in [0.15, 0.2) is 72.8 Å². The van der Waals surface area contributed by atoms with Crippen LogP contribution in [0.25, 0.3) is 11.0 Å². The monoisotopic (exact) mass is 440 g/mol. The molecule has 4 aromatic rings. The van der Waals surface area contributed by atoms with Gasteiger partial charge in [0, 0.05) is 12.5 Å². The number of fused-ring (bicyclic) bond motifs is 1. The van der Waals surface area contributed by atoms with E-state index in [0.717, 1.165) is 49.5 Å². The van der Waals surface area contributed by atoms with Gasteiger partial charge in [0.05, 0.1) is 17.6 Å². The highest BCUT2D eigenvalue weighted by Crippen LogP contribution is 2.29. The van der Waals surface area contributed by atoms with Crippen LogP contribution < -0.4 is 4.74 Å². The highest BCUT2D eigenvalue weighted by atomic mass is 16.5. The molecule has 0 N–H and O–H groups in total. The van der Waals surface area contributed by atoms with Gasteiger partial charge in [-0.05, 0) is 59.7 Å². The summed E-state index contributed by atoms with van der Waals surface area (Å²) in [5, 5.41) is 0. The number of rotatable bonds is 10. The third kappa shape index (κ3) is 5.65. The Labute approximate surface area is 198 Å². The lowest BCUT2D eigenvalue weighted by atomic mass is 9.96. The number of ether oxygens (including phenoxy) is 1. The van der Waals surface area contributed by atoms with Gasteiger partial charge in [-0.1, -0.05) is 82.6 Å². The molecule has 33 heavy (non-hydrogen) atoms. The largest absolute Gasteiger partial charge is 0.494 e. The number of imidazole rings is 1. The van der Waals surface area contributed by atoms with E-state index in [1.54, 1.807) is 0 Å². The molecule has 0 aliphatic heterocycles. The first-order valence-corrected chi connectivity index (χ1v) is 12.3. The fourth-order valence-corrected chi connectivity index (χ4v) is 4.36. The van der Waals surface area contributed by atoms with E-state index in [1.165, 1.54) is 22.2 Å². The van der Waals surface area contributed by atoms with Gasteiger partial charge >= 0.3 is 0 Å². The van der Waals surface area contributed by atoms with Crippen LogP contribution in [0.4, 0.5) is 0 Å². The molecule has 1 atom stereocenters. The first-order valence-electron chi connectivity index (χ1n) is 12.3. The number of hydrogen-bond donors (Lipinski definition) is 0. The second-order valence-corrected chi connectivity index (χ2v) is 9.45. The van der Waals surface area contributed by atoms with Crippen LogP contribution in [0, 0.1) is 5.92 Å². The Morgan fingerprint density at radius 1 is 0.848 bits per heavy atom. The third-order valence-corrected chi connectivity index (χ3v) is 6.23. The third-order valence-electron chi connectivity index (χ3n) is 6.23. The highest BCUT2D eigenvalue weighted by Gasteiger charge is 2.18. The molecule has 0 spiro atoms. The summed E-state index contributed by atoms with van der Waals surface area (Å²) in [5.74, 6) is 2.93. The van der Waals surface area contributed by atoms with E-state index >= 15 is 0 Å². The summed E-state index contributed by atoms with van der Waals surface area (Å²) in [6, 6.07) is 26.1. The van der Waals surface area contributed by atoms with Gasteiger partial charge in [-0.15, -0.1) is 0 Å². The molecule has 0 fully saturated rings. The summed E-state index contributed by atoms with van der Waals surface area (Å²) < 4.78 is 8.21. The lowest BCUT2D eigenvalue weighted by molar-refractivity contribution is 0.309. The van der Waals surface area contributed by atoms with Crippen LogP contribution in [-0.4, -0.2) is 16.2 Å². The first-order chi connectivity index (χ1) is 16.0. The predicted octanol–water partition coefficient (Wildman–Crippen LogP) is 7.61. The van der Waals surface area contributed by atoms with E-state index in [2.05, 4.69) is 105 Å². The minimum absolute atomic E-state index is 0.210. The maximum Gasteiger partial charge on any atom is 0.119 e. The zero-order valence-electron chi connectivity index (χ0n) is 20.4. The number of unbranched alkanes of at least 4 members (excludes halogenated alkanes) is 1. The SMILES string of the molecule is CCCCOc1ccc(Cn2c([C@@H](C)c3ccc(CC(C)C)cc3)nc3ccccc32)cc1. The molecule has 1 aromatic heterocycles. The molecular weight excluding hydrogens is 404 g/mol. The maximum atomic E-state index is 5.84. The van der Waals surface area contributed by atoms with Crippen LogP contribution in [0.1, 0.15) is 69.0 Å². The van der Waals surface area contributed by atoms with Crippen molar-refractivity contribution in [3.63, 3.8) is 0 Å². The summed E-state index contributed by atoms with van der Waals surface area (Å²) in [7, 11) is 0. The minimum atomic E-state index is 0.210. The summed E-state index contributed by atoms with van der Waals surface area (Å²) in [5.41, 5.74) is 6.19. The molecule has 3 nitrogen and oxygen atoms in total. The van der Waals surface area contributed by atoms with Gasteiger partial charge in [0.1, 0.15) is 11.6 Å². The topological polar surface area (TPSA) is 27.1 Å². The van der Waals surface area contributed by atoms with Crippen molar-refractivity contribution in [1.29, 1.82) is 0 Å². The van der Waals surface area contributed by atoms with E-state index in [4.69, 9.17) is 9.72 Å². The van der Waals surface area contributed by atoms with Crippen molar-refractivity contribution in [2.75, 3.05) is 6.61 Å². The van der Waals surface area contributed by atoms with Crippen LogP contribution in [-0.2, 0) is 13.0 Å². The maximum absolute atomic E-state index is 5.84. The normalized spacial score (nSPS) is 12.4. The van der Waals surface area contributed by atoms with Gasteiger partial charge in [0.2, 0.25) is 0 Å². The van der Waals surface area contributed by atoms with Crippen molar-refractivity contribution in [2.45, 2.75) is 59.4 Å². The number of nitrogens with zero attached hydrogens (tertiary/aromatic N) is 2. The molecule has 3 aromatic carbocycles. The zero-order valence-corrected chi connectivity index (χ0v) is 20.4. The van der Waals surface area contributed by atoms with Crippen LogP contribution in [0.5, 0.6) is 5.75 Å². The lowest BCUT2D eigenvalue weighted by Gasteiger charge is -2.16. The Balaban J connectivity index is 1.60. The second-order valence-electron chi connectivity index (χ2n) is 9.45. The molecule has 0 radical (unpaired) electrons. The Bertz CT molecular complexity index is 1160. The average molecular weight is 441 g/mol. The number of para-hydroxylation sites is 2. The Hall–Kier alpha value is -3.07. The summed E-state index contributed by atoms with van der Waals surface area (Å²) in [4.78, 5) is 5.06. The summed E-state index contributed by atoms with van der Waals surface area (Å²) >= 11 is 0. The Kier molecular flexibility index (Phi) is 7.49. The summed E-state index contributed by atoms with van der Waals surface area (Å²) in [6.07, 6.45) is 3.35. The molecular formula is C30H36N2O. The fraction of sp³-hybridized carbons (Fsp3) is 0.367. The van der Waals surface area contributed by atoms with Crippen molar-refractivity contribution in [2.24, 2.45) is 5.92 Å². The van der Waals surface area contributed by atoms with Crippen LogP contribution >= 0.6 is 0 Å². The van der Waals surface area contributed by atoms with Gasteiger partial charge < -0.3 is 9.30 Å².